The van der Waals surface area contributed by atoms with E-state index >= 15 is 0 Å². The van der Waals surface area contributed by atoms with Gasteiger partial charge in [-0.3, -0.25) is 0 Å². The van der Waals surface area contributed by atoms with E-state index < -0.39 is 0 Å². The second-order valence-electron chi connectivity index (χ2n) is 7.02. The van der Waals surface area contributed by atoms with Crippen LogP contribution in [0.25, 0.3) is 0 Å². The van der Waals surface area contributed by atoms with Gasteiger partial charge in [0.15, 0.2) is 0 Å². The highest BCUT2D eigenvalue weighted by molar-refractivity contribution is 5.33. The van der Waals surface area contributed by atoms with Crippen LogP contribution >= 0.6 is 0 Å². The van der Waals surface area contributed by atoms with E-state index in [2.05, 4.69) is 58.1 Å². The van der Waals surface area contributed by atoms with Gasteiger partial charge < -0.3 is 10.1 Å². The molecule has 1 aliphatic rings. The van der Waals surface area contributed by atoms with Gasteiger partial charge in [0.25, 0.3) is 0 Å². The van der Waals surface area contributed by atoms with Crippen molar-refractivity contribution in [2.75, 3.05) is 6.54 Å². The fraction of sp³-hybridized carbons (Fsp3) is 0.684. The molecule has 1 saturated carbocycles. The van der Waals surface area contributed by atoms with Crippen molar-refractivity contribution in [2.45, 2.75) is 66.0 Å². The average molecular weight is 289 g/mol. The number of hydrogen-bond acceptors (Lipinski definition) is 2. The van der Waals surface area contributed by atoms with Crippen LogP contribution in [0.5, 0.6) is 5.75 Å². The fourth-order valence-corrected chi connectivity index (χ4v) is 3.71. The predicted octanol–water partition coefficient (Wildman–Crippen LogP) is 4.49. The first-order valence-corrected chi connectivity index (χ1v) is 8.48. The Morgan fingerprint density at radius 3 is 2.38 bits per heavy atom. The molecule has 118 valence electrons. The number of benzene rings is 1. The number of rotatable bonds is 5. The maximum atomic E-state index is 6.42. The van der Waals surface area contributed by atoms with E-state index in [0.29, 0.717) is 12.0 Å². The van der Waals surface area contributed by atoms with Gasteiger partial charge in [-0.1, -0.05) is 26.8 Å². The highest BCUT2D eigenvalue weighted by Crippen LogP contribution is 2.32. The van der Waals surface area contributed by atoms with Gasteiger partial charge in [0.1, 0.15) is 11.9 Å². The first-order chi connectivity index (χ1) is 9.99. The molecule has 2 nitrogen and oxygen atoms in total. The molecule has 4 atom stereocenters. The average Bonchev–Trinajstić information content (AvgIpc) is 2.38. The standard InChI is InChI=1S/C19H31NO/c1-6-7-20-18-12-15(4)9-16(5)19(18)21-17-10-13(2)8-14(3)11-17/h8,10-11,15-16,18-20H,6-7,9,12H2,1-5H3. The van der Waals surface area contributed by atoms with Crippen LogP contribution in [0, 0.1) is 25.7 Å². The lowest BCUT2D eigenvalue weighted by Crippen LogP contribution is -2.51. The molecule has 0 amide bonds. The second-order valence-corrected chi connectivity index (χ2v) is 7.02. The summed E-state index contributed by atoms with van der Waals surface area (Å²) in [5, 5.41) is 3.71. The third-order valence-corrected chi connectivity index (χ3v) is 4.51. The molecule has 1 aromatic rings. The second kappa shape index (κ2) is 7.31. The van der Waals surface area contributed by atoms with E-state index in [-0.39, 0.29) is 6.10 Å². The van der Waals surface area contributed by atoms with Crippen molar-refractivity contribution in [3.63, 3.8) is 0 Å². The molecule has 0 aliphatic heterocycles. The summed E-state index contributed by atoms with van der Waals surface area (Å²) in [5.41, 5.74) is 2.56. The zero-order valence-electron chi connectivity index (χ0n) is 14.3. The Balaban J connectivity index is 2.12. The van der Waals surface area contributed by atoms with Gasteiger partial charge in [-0.25, -0.2) is 0 Å². The zero-order valence-corrected chi connectivity index (χ0v) is 14.3. The molecular formula is C19H31NO. The molecule has 1 aliphatic carbocycles. The number of nitrogens with one attached hydrogen (secondary N) is 1. The molecule has 1 fully saturated rings. The van der Waals surface area contributed by atoms with Crippen molar-refractivity contribution >= 4 is 0 Å². The highest BCUT2D eigenvalue weighted by Gasteiger charge is 2.35. The summed E-state index contributed by atoms with van der Waals surface area (Å²) in [6.07, 6.45) is 3.95. The van der Waals surface area contributed by atoms with Crippen molar-refractivity contribution in [3.8, 4) is 5.75 Å². The molecule has 0 radical (unpaired) electrons. The van der Waals surface area contributed by atoms with Crippen LogP contribution < -0.4 is 10.1 Å². The fourth-order valence-electron chi connectivity index (χ4n) is 3.71. The van der Waals surface area contributed by atoms with Crippen molar-refractivity contribution < 1.29 is 4.74 Å². The van der Waals surface area contributed by atoms with E-state index in [1.54, 1.807) is 0 Å². The maximum absolute atomic E-state index is 6.42. The van der Waals surface area contributed by atoms with Crippen LogP contribution in [0.1, 0.15) is 51.2 Å². The summed E-state index contributed by atoms with van der Waals surface area (Å²) in [6, 6.07) is 7.00. The highest BCUT2D eigenvalue weighted by atomic mass is 16.5. The molecule has 4 unspecified atom stereocenters. The SMILES string of the molecule is CCCNC1CC(C)CC(C)C1Oc1cc(C)cc(C)c1. The first kappa shape index (κ1) is 16.4. The van der Waals surface area contributed by atoms with Crippen LogP contribution in [0.15, 0.2) is 18.2 Å². The lowest BCUT2D eigenvalue weighted by Gasteiger charge is -2.40. The third kappa shape index (κ3) is 4.47. The summed E-state index contributed by atoms with van der Waals surface area (Å²) in [6.45, 7) is 12.3. The van der Waals surface area contributed by atoms with Gasteiger partial charge in [0.2, 0.25) is 0 Å². The van der Waals surface area contributed by atoms with Gasteiger partial charge in [-0.2, -0.15) is 0 Å². The smallest absolute Gasteiger partial charge is 0.120 e. The summed E-state index contributed by atoms with van der Waals surface area (Å²) < 4.78 is 6.42. The Bertz CT molecular complexity index is 437. The molecule has 1 N–H and O–H groups in total. The predicted molar refractivity (Wildman–Crippen MR) is 90.0 cm³/mol. The minimum atomic E-state index is 0.286. The number of ether oxygens (including phenoxy) is 1. The first-order valence-electron chi connectivity index (χ1n) is 8.48. The topological polar surface area (TPSA) is 21.3 Å². The molecule has 2 heteroatoms. The Morgan fingerprint density at radius 1 is 1.10 bits per heavy atom. The van der Waals surface area contributed by atoms with Gasteiger partial charge in [-0.15, -0.1) is 0 Å². The minimum absolute atomic E-state index is 0.286. The Kier molecular flexibility index (Phi) is 5.69. The van der Waals surface area contributed by atoms with Crippen LogP contribution in [-0.4, -0.2) is 18.7 Å². The lowest BCUT2D eigenvalue weighted by atomic mass is 9.78. The zero-order chi connectivity index (χ0) is 15.4. The van der Waals surface area contributed by atoms with Crippen LogP contribution in [0.4, 0.5) is 0 Å². The maximum Gasteiger partial charge on any atom is 0.120 e. The molecule has 0 bridgehead atoms. The van der Waals surface area contributed by atoms with Crippen molar-refractivity contribution in [1.82, 2.24) is 5.32 Å². The van der Waals surface area contributed by atoms with Gasteiger partial charge in [0, 0.05) is 6.04 Å². The molecular weight excluding hydrogens is 258 g/mol. The van der Waals surface area contributed by atoms with E-state index in [9.17, 15) is 0 Å². The summed E-state index contributed by atoms with van der Waals surface area (Å²) in [4.78, 5) is 0. The lowest BCUT2D eigenvalue weighted by molar-refractivity contribution is 0.0477. The van der Waals surface area contributed by atoms with Crippen LogP contribution in [-0.2, 0) is 0 Å². The summed E-state index contributed by atoms with van der Waals surface area (Å²) >= 11 is 0. The van der Waals surface area contributed by atoms with E-state index in [0.717, 1.165) is 18.2 Å². The normalized spacial score (nSPS) is 29.4. The van der Waals surface area contributed by atoms with Crippen LogP contribution in [0.2, 0.25) is 0 Å². The van der Waals surface area contributed by atoms with E-state index in [1.165, 1.54) is 30.4 Å². The van der Waals surface area contributed by atoms with Gasteiger partial charge >= 0.3 is 0 Å². The summed E-state index contributed by atoms with van der Waals surface area (Å²) in [7, 11) is 0. The monoisotopic (exact) mass is 289 g/mol. The van der Waals surface area contributed by atoms with Crippen molar-refractivity contribution in [2.24, 2.45) is 11.8 Å². The summed E-state index contributed by atoms with van der Waals surface area (Å²) in [5.74, 6) is 2.42. The van der Waals surface area contributed by atoms with Gasteiger partial charge in [-0.05, 0) is 74.8 Å². The molecule has 1 aromatic carbocycles. The molecule has 0 aromatic heterocycles. The molecule has 21 heavy (non-hydrogen) atoms. The van der Waals surface area contributed by atoms with Gasteiger partial charge in [0.05, 0.1) is 0 Å². The minimum Gasteiger partial charge on any atom is -0.489 e. The van der Waals surface area contributed by atoms with Crippen LogP contribution in [0.3, 0.4) is 0 Å². The Labute approximate surface area is 130 Å². The number of hydrogen-bond donors (Lipinski definition) is 1. The largest absolute Gasteiger partial charge is 0.489 e. The van der Waals surface area contributed by atoms with Crippen molar-refractivity contribution in [1.29, 1.82) is 0 Å². The Morgan fingerprint density at radius 2 is 1.76 bits per heavy atom. The quantitative estimate of drug-likeness (QED) is 0.862. The Hall–Kier alpha value is -1.02. The van der Waals surface area contributed by atoms with E-state index in [1.807, 2.05) is 0 Å². The van der Waals surface area contributed by atoms with Crippen molar-refractivity contribution in [3.05, 3.63) is 29.3 Å². The van der Waals surface area contributed by atoms with E-state index in [4.69, 9.17) is 4.74 Å². The molecule has 0 heterocycles. The third-order valence-electron chi connectivity index (χ3n) is 4.51. The molecule has 0 saturated heterocycles. The molecule has 0 spiro atoms. The molecule has 2 rings (SSSR count). The number of aryl methyl sites for hydroxylation is 2.